The van der Waals surface area contributed by atoms with Gasteiger partial charge in [-0.15, -0.1) is 0 Å². The Kier molecular flexibility index (Phi) is 6.55. The topological polar surface area (TPSA) is 65.8 Å². The molecule has 2 aromatic rings. The first-order valence-electron chi connectivity index (χ1n) is 10.9. The van der Waals surface area contributed by atoms with E-state index in [2.05, 4.69) is 34.9 Å². The van der Waals surface area contributed by atoms with Crippen molar-refractivity contribution >= 4 is 5.97 Å². The van der Waals surface area contributed by atoms with Crippen LogP contribution in [0, 0.1) is 11.3 Å². The first-order valence-corrected chi connectivity index (χ1v) is 10.9. The summed E-state index contributed by atoms with van der Waals surface area (Å²) in [5.74, 6) is 0.829. The Morgan fingerprint density at radius 2 is 1.90 bits per heavy atom. The van der Waals surface area contributed by atoms with Crippen LogP contribution in [-0.2, 0) is 17.8 Å². The number of hydrogen-bond acceptors (Lipinski definition) is 6. The average Bonchev–Trinajstić information content (AvgIpc) is 3.18. The smallest absolute Gasteiger partial charge is 0.338 e. The number of carbonyl (C=O) groups is 1. The number of nitrogens with zero attached hydrogens (tertiary/aromatic N) is 3. The zero-order chi connectivity index (χ0) is 21.8. The predicted octanol–water partition coefficient (Wildman–Crippen LogP) is 3.20. The van der Waals surface area contributed by atoms with Gasteiger partial charge in [0.15, 0.2) is 0 Å². The molecule has 162 valence electrons. The Hall–Kier alpha value is -2.88. The minimum Gasteiger partial charge on any atom is -0.495 e. The summed E-state index contributed by atoms with van der Waals surface area (Å²) in [7, 11) is 1.61. The molecule has 1 unspecified atom stereocenters. The second-order valence-electron chi connectivity index (χ2n) is 8.43. The van der Waals surface area contributed by atoms with Crippen LogP contribution in [0.2, 0.25) is 0 Å². The second kappa shape index (κ2) is 9.51. The lowest BCUT2D eigenvalue weighted by Gasteiger charge is -2.36. The molecular weight excluding hydrogens is 390 g/mol. The SMILES string of the molecule is COc1cc(C(C)CN2CCN(CCc3ccc4c(c3)COC4=O)CC2)ccc1C#N. The third kappa shape index (κ3) is 4.90. The quantitative estimate of drug-likeness (QED) is 0.642. The lowest BCUT2D eigenvalue weighted by atomic mass is 9.98. The Morgan fingerprint density at radius 1 is 1.13 bits per heavy atom. The van der Waals surface area contributed by atoms with E-state index >= 15 is 0 Å². The van der Waals surface area contributed by atoms with E-state index in [1.54, 1.807) is 7.11 Å². The van der Waals surface area contributed by atoms with Gasteiger partial charge in [0.1, 0.15) is 18.4 Å². The number of cyclic esters (lactones) is 1. The molecule has 2 aromatic carbocycles. The van der Waals surface area contributed by atoms with Gasteiger partial charge in [0, 0.05) is 44.8 Å². The number of fused-ring (bicyclic) bond motifs is 1. The van der Waals surface area contributed by atoms with Gasteiger partial charge in [-0.3, -0.25) is 0 Å². The van der Waals surface area contributed by atoms with E-state index in [1.807, 2.05) is 24.3 Å². The molecule has 1 atom stereocenters. The fourth-order valence-electron chi connectivity index (χ4n) is 4.42. The largest absolute Gasteiger partial charge is 0.495 e. The van der Waals surface area contributed by atoms with Crippen molar-refractivity contribution in [3.63, 3.8) is 0 Å². The molecule has 2 heterocycles. The van der Waals surface area contributed by atoms with E-state index in [1.165, 1.54) is 11.1 Å². The van der Waals surface area contributed by atoms with Gasteiger partial charge >= 0.3 is 5.97 Å². The third-order valence-electron chi connectivity index (χ3n) is 6.38. The number of carbonyl (C=O) groups excluding carboxylic acids is 1. The lowest BCUT2D eigenvalue weighted by molar-refractivity contribution is 0.0535. The van der Waals surface area contributed by atoms with Crippen LogP contribution in [0.15, 0.2) is 36.4 Å². The van der Waals surface area contributed by atoms with Crippen molar-refractivity contribution in [3.05, 3.63) is 64.2 Å². The molecule has 0 amide bonds. The van der Waals surface area contributed by atoms with Gasteiger partial charge in [-0.2, -0.15) is 5.26 Å². The number of benzene rings is 2. The van der Waals surface area contributed by atoms with Crippen LogP contribution >= 0.6 is 0 Å². The van der Waals surface area contributed by atoms with Crippen LogP contribution in [0.3, 0.4) is 0 Å². The highest BCUT2D eigenvalue weighted by molar-refractivity contribution is 5.93. The molecule has 0 bridgehead atoms. The maximum atomic E-state index is 11.6. The fraction of sp³-hybridized carbons (Fsp3) is 0.440. The number of esters is 1. The van der Waals surface area contributed by atoms with Crippen molar-refractivity contribution in [1.29, 1.82) is 5.26 Å². The highest BCUT2D eigenvalue weighted by Gasteiger charge is 2.22. The van der Waals surface area contributed by atoms with Crippen molar-refractivity contribution < 1.29 is 14.3 Å². The fourth-order valence-corrected chi connectivity index (χ4v) is 4.42. The molecule has 1 fully saturated rings. The van der Waals surface area contributed by atoms with Crippen molar-refractivity contribution in [2.45, 2.75) is 25.9 Å². The van der Waals surface area contributed by atoms with Gasteiger partial charge in [-0.1, -0.05) is 25.1 Å². The van der Waals surface area contributed by atoms with Gasteiger partial charge in [-0.05, 0) is 41.7 Å². The number of piperazine rings is 1. The molecule has 6 heteroatoms. The Bertz CT molecular complexity index is 990. The Morgan fingerprint density at radius 3 is 2.65 bits per heavy atom. The van der Waals surface area contributed by atoms with Crippen molar-refractivity contribution in [2.24, 2.45) is 0 Å². The summed E-state index contributed by atoms with van der Waals surface area (Å²) in [6.45, 7) is 8.92. The molecule has 1 saturated heterocycles. The maximum Gasteiger partial charge on any atom is 0.338 e. The van der Waals surface area contributed by atoms with Crippen molar-refractivity contribution in [3.8, 4) is 11.8 Å². The van der Waals surface area contributed by atoms with E-state index < -0.39 is 0 Å². The first kappa shape index (κ1) is 21.4. The molecule has 0 aromatic heterocycles. The molecule has 0 radical (unpaired) electrons. The minimum atomic E-state index is -0.202. The van der Waals surface area contributed by atoms with E-state index in [9.17, 15) is 10.1 Å². The van der Waals surface area contributed by atoms with Crippen LogP contribution in [0.1, 0.15) is 45.5 Å². The lowest BCUT2D eigenvalue weighted by Crippen LogP contribution is -2.47. The zero-order valence-electron chi connectivity index (χ0n) is 18.3. The second-order valence-corrected chi connectivity index (χ2v) is 8.43. The molecular formula is C25H29N3O3. The van der Waals surface area contributed by atoms with E-state index in [-0.39, 0.29) is 5.97 Å². The van der Waals surface area contributed by atoms with Gasteiger partial charge in [0.25, 0.3) is 0 Å². The summed E-state index contributed by atoms with van der Waals surface area (Å²) in [4.78, 5) is 16.6. The number of nitriles is 1. The molecule has 2 aliphatic heterocycles. The third-order valence-corrected chi connectivity index (χ3v) is 6.38. The van der Waals surface area contributed by atoms with E-state index in [0.717, 1.165) is 51.3 Å². The molecule has 4 rings (SSSR count). The highest BCUT2D eigenvalue weighted by Crippen LogP contribution is 2.25. The normalized spacial score (nSPS) is 17.6. The van der Waals surface area contributed by atoms with Gasteiger partial charge in [0.05, 0.1) is 18.2 Å². The number of hydrogen-bond donors (Lipinski definition) is 0. The maximum absolute atomic E-state index is 11.6. The van der Waals surface area contributed by atoms with Crippen LogP contribution in [0.5, 0.6) is 5.75 Å². The summed E-state index contributed by atoms with van der Waals surface area (Å²) >= 11 is 0. The van der Waals surface area contributed by atoms with E-state index in [4.69, 9.17) is 9.47 Å². The Labute approximate surface area is 184 Å². The predicted molar refractivity (Wildman–Crippen MR) is 118 cm³/mol. The van der Waals surface area contributed by atoms with Crippen LogP contribution in [0.4, 0.5) is 0 Å². The first-order chi connectivity index (χ1) is 15.1. The zero-order valence-corrected chi connectivity index (χ0v) is 18.3. The summed E-state index contributed by atoms with van der Waals surface area (Å²) in [6.07, 6.45) is 0.989. The highest BCUT2D eigenvalue weighted by atomic mass is 16.5. The van der Waals surface area contributed by atoms with Crippen LogP contribution in [0.25, 0.3) is 0 Å². The molecule has 6 nitrogen and oxygen atoms in total. The molecule has 2 aliphatic rings. The monoisotopic (exact) mass is 419 g/mol. The van der Waals surface area contributed by atoms with Gasteiger partial charge in [-0.25, -0.2) is 4.79 Å². The summed E-state index contributed by atoms with van der Waals surface area (Å²) < 4.78 is 10.5. The van der Waals surface area contributed by atoms with Crippen molar-refractivity contribution in [1.82, 2.24) is 9.80 Å². The number of methoxy groups -OCH3 is 1. The molecule has 0 N–H and O–H groups in total. The van der Waals surface area contributed by atoms with Crippen LogP contribution in [-0.4, -0.2) is 62.1 Å². The molecule has 31 heavy (non-hydrogen) atoms. The molecule has 0 spiro atoms. The molecule has 0 saturated carbocycles. The summed E-state index contributed by atoms with van der Waals surface area (Å²) in [6, 6.07) is 14.1. The summed E-state index contributed by atoms with van der Waals surface area (Å²) in [5, 5.41) is 9.17. The van der Waals surface area contributed by atoms with Crippen LogP contribution < -0.4 is 4.74 Å². The summed E-state index contributed by atoms with van der Waals surface area (Å²) in [5.41, 5.74) is 4.78. The average molecular weight is 420 g/mol. The number of ether oxygens (including phenoxy) is 2. The molecule has 0 aliphatic carbocycles. The van der Waals surface area contributed by atoms with Gasteiger partial charge < -0.3 is 19.3 Å². The van der Waals surface area contributed by atoms with E-state index in [0.29, 0.717) is 29.4 Å². The van der Waals surface area contributed by atoms with Gasteiger partial charge in [0.2, 0.25) is 0 Å². The number of rotatable bonds is 7. The van der Waals surface area contributed by atoms with Crippen molar-refractivity contribution in [2.75, 3.05) is 46.4 Å². The Balaban J connectivity index is 1.24. The minimum absolute atomic E-state index is 0.202. The standard InChI is InChI=1S/C25H29N3O3/c1-18(20-4-5-21(15-26)24(14-20)30-2)16-28-11-9-27(10-12-28)8-7-19-3-6-23-22(13-19)17-31-25(23)29/h3-6,13-14,18H,7-12,16-17H2,1-2H3.